The minimum absolute atomic E-state index is 0.0466. The molecule has 0 aliphatic rings. The fourth-order valence-electron chi connectivity index (χ4n) is 3.05. The lowest BCUT2D eigenvalue weighted by Gasteiger charge is -2.31. The summed E-state index contributed by atoms with van der Waals surface area (Å²) in [4.78, 5) is 26.8. The number of carbonyl (C=O) groups is 2. The lowest BCUT2D eigenvalue weighted by Crippen LogP contribution is -2.50. The number of hydrogen-bond donors (Lipinski definition) is 1. The number of anilines is 1. The van der Waals surface area contributed by atoms with Crippen molar-refractivity contribution in [2.24, 2.45) is 0 Å². The molecule has 1 atom stereocenters. The summed E-state index contributed by atoms with van der Waals surface area (Å²) >= 11 is 5.80. The first-order valence-corrected chi connectivity index (χ1v) is 11.7. The lowest BCUT2D eigenvalue weighted by atomic mass is 10.1. The van der Waals surface area contributed by atoms with E-state index in [9.17, 15) is 22.4 Å². The normalized spacial score (nSPS) is 12.2. The van der Waals surface area contributed by atoms with E-state index >= 15 is 0 Å². The van der Waals surface area contributed by atoms with Crippen LogP contribution in [0.25, 0.3) is 0 Å². The zero-order chi connectivity index (χ0) is 23.3. The molecule has 0 aromatic heterocycles. The van der Waals surface area contributed by atoms with Crippen molar-refractivity contribution in [3.8, 4) is 0 Å². The van der Waals surface area contributed by atoms with Crippen LogP contribution in [0.3, 0.4) is 0 Å². The first-order valence-electron chi connectivity index (χ1n) is 9.43. The molecule has 0 bridgehead atoms. The predicted octanol–water partition coefficient (Wildman–Crippen LogP) is 2.72. The first kappa shape index (κ1) is 24.6. The Morgan fingerprint density at radius 3 is 2.42 bits per heavy atom. The fraction of sp³-hybridized carbons (Fsp3) is 0.333. The van der Waals surface area contributed by atoms with Crippen LogP contribution in [0.4, 0.5) is 10.1 Å². The number of sulfonamides is 1. The predicted molar refractivity (Wildman–Crippen MR) is 119 cm³/mol. The average molecular weight is 470 g/mol. The molecule has 2 aromatic rings. The Morgan fingerprint density at radius 1 is 1.19 bits per heavy atom. The highest BCUT2D eigenvalue weighted by Gasteiger charge is 2.30. The second-order valence-electron chi connectivity index (χ2n) is 7.17. The van der Waals surface area contributed by atoms with Gasteiger partial charge in [-0.1, -0.05) is 41.4 Å². The van der Waals surface area contributed by atoms with Gasteiger partial charge < -0.3 is 10.2 Å². The molecule has 0 heterocycles. The Morgan fingerprint density at radius 2 is 1.87 bits per heavy atom. The van der Waals surface area contributed by atoms with Crippen molar-refractivity contribution in [3.05, 3.63) is 64.4 Å². The number of rotatable bonds is 8. The van der Waals surface area contributed by atoms with E-state index in [1.165, 1.54) is 18.0 Å². The van der Waals surface area contributed by atoms with E-state index in [2.05, 4.69) is 5.32 Å². The van der Waals surface area contributed by atoms with Crippen molar-refractivity contribution in [1.82, 2.24) is 10.2 Å². The van der Waals surface area contributed by atoms with E-state index in [1.54, 1.807) is 6.92 Å². The van der Waals surface area contributed by atoms with Crippen molar-refractivity contribution in [3.63, 3.8) is 0 Å². The average Bonchev–Trinajstić information content (AvgIpc) is 2.70. The van der Waals surface area contributed by atoms with Crippen LogP contribution in [0.15, 0.2) is 42.5 Å². The Labute approximate surface area is 186 Å². The van der Waals surface area contributed by atoms with E-state index in [1.807, 2.05) is 31.2 Å². The Kier molecular flexibility index (Phi) is 8.02. The Bertz CT molecular complexity index is 1080. The third-order valence-corrected chi connectivity index (χ3v) is 6.15. The van der Waals surface area contributed by atoms with Gasteiger partial charge in [-0.05, 0) is 37.6 Å². The van der Waals surface area contributed by atoms with Gasteiger partial charge in [0, 0.05) is 13.6 Å². The number of likely N-dealkylation sites (N-methyl/N-ethyl adjacent to an activating group) is 1. The molecule has 0 aliphatic heterocycles. The minimum Gasteiger partial charge on any atom is -0.357 e. The number of carbonyl (C=O) groups excluding carboxylic acids is 2. The van der Waals surface area contributed by atoms with Crippen LogP contribution in [0, 0.1) is 12.7 Å². The largest absolute Gasteiger partial charge is 0.357 e. The number of benzene rings is 2. The standard InChI is InChI=1S/C21H25ClFN3O4S/c1-14-6-5-7-16(10-14)12-25(15(2)21(28)24-3)20(27)13-26(31(4,29)30)17-8-9-19(23)18(22)11-17/h5-11,15H,12-13H2,1-4H3,(H,24,28)/t15-/m1/s1. The molecule has 0 saturated carbocycles. The number of nitrogens with one attached hydrogen (secondary N) is 1. The molecule has 31 heavy (non-hydrogen) atoms. The van der Waals surface area contributed by atoms with E-state index < -0.39 is 40.2 Å². The molecule has 0 aliphatic carbocycles. The second kappa shape index (κ2) is 10.1. The van der Waals surface area contributed by atoms with Gasteiger partial charge in [-0.3, -0.25) is 13.9 Å². The summed E-state index contributed by atoms with van der Waals surface area (Å²) in [5, 5.41) is 2.23. The third kappa shape index (κ3) is 6.41. The highest BCUT2D eigenvalue weighted by molar-refractivity contribution is 7.92. The van der Waals surface area contributed by atoms with Gasteiger partial charge in [-0.15, -0.1) is 0 Å². The second-order valence-corrected chi connectivity index (χ2v) is 9.48. The number of hydrogen-bond acceptors (Lipinski definition) is 4. The summed E-state index contributed by atoms with van der Waals surface area (Å²) < 4.78 is 39.1. The SMILES string of the molecule is CNC(=O)[C@@H](C)N(Cc1cccc(C)c1)C(=O)CN(c1ccc(F)c(Cl)c1)S(C)(=O)=O. The van der Waals surface area contributed by atoms with Crippen molar-refractivity contribution >= 4 is 39.1 Å². The molecule has 10 heteroatoms. The molecule has 2 amide bonds. The summed E-state index contributed by atoms with van der Waals surface area (Å²) in [5.41, 5.74) is 1.82. The number of halogens is 2. The quantitative estimate of drug-likeness (QED) is 0.644. The summed E-state index contributed by atoms with van der Waals surface area (Å²) in [6, 6.07) is 9.97. The highest BCUT2D eigenvalue weighted by Crippen LogP contribution is 2.25. The maximum Gasteiger partial charge on any atom is 0.244 e. The number of aryl methyl sites for hydroxylation is 1. The molecule has 2 rings (SSSR count). The van der Waals surface area contributed by atoms with Crippen molar-refractivity contribution < 1.29 is 22.4 Å². The summed E-state index contributed by atoms with van der Waals surface area (Å²) in [5.74, 6) is -1.69. The van der Waals surface area contributed by atoms with Gasteiger partial charge in [0.05, 0.1) is 17.0 Å². The van der Waals surface area contributed by atoms with Gasteiger partial charge in [0.15, 0.2) is 0 Å². The molecule has 0 saturated heterocycles. The molecule has 168 valence electrons. The Balaban J connectivity index is 2.40. The maximum absolute atomic E-state index is 13.5. The molecule has 0 unspecified atom stereocenters. The summed E-state index contributed by atoms with van der Waals surface area (Å²) in [6.07, 6.45) is 0.935. The fourth-order valence-corrected chi connectivity index (χ4v) is 4.07. The molecule has 0 fully saturated rings. The van der Waals surface area contributed by atoms with E-state index in [-0.39, 0.29) is 17.3 Å². The van der Waals surface area contributed by atoms with Crippen LogP contribution in [0.5, 0.6) is 0 Å². The third-order valence-electron chi connectivity index (χ3n) is 4.72. The van der Waals surface area contributed by atoms with Gasteiger partial charge in [0.1, 0.15) is 18.4 Å². The van der Waals surface area contributed by atoms with Crippen LogP contribution < -0.4 is 9.62 Å². The number of amides is 2. The van der Waals surface area contributed by atoms with E-state index in [4.69, 9.17) is 11.6 Å². The Hall–Kier alpha value is -2.65. The lowest BCUT2D eigenvalue weighted by molar-refractivity contribution is -0.139. The monoisotopic (exact) mass is 469 g/mol. The van der Waals surface area contributed by atoms with Gasteiger partial charge in [0.2, 0.25) is 21.8 Å². The molecule has 2 aromatic carbocycles. The van der Waals surface area contributed by atoms with Crippen LogP contribution in [0.1, 0.15) is 18.1 Å². The molecular formula is C21H25ClFN3O4S. The van der Waals surface area contributed by atoms with E-state index in [0.717, 1.165) is 33.8 Å². The molecule has 1 N–H and O–H groups in total. The van der Waals surface area contributed by atoms with Crippen molar-refractivity contribution in [2.45, 2.75) is 26.4 Å². The zero-order valence-electron chi connectivity index (χ0n) is 17.7. The van der Waals surface area contributed by atoms with Crippen molar-refractivity contribution in [2.75, 3.05) is 24.2 Å². The molecule has 0 spiro atoms. The molecule has 7 nitrogen and oxygen atoms in total. The van der Waals surface area contributed by atoms with Gasteiger partial charge in [-0.25, -0.2) is 12.8 Å². The van der Waals surface area contributed by atoms with Crippen LogP contribution in [0.2, 0.25) is 5.02 Å². The zero-order valence-corrected chi connectivity index (χ0v) is 19.3. The van der Waals surface area contributed by atoms with E-state index in [0.29, 0.717) is 0 Å². The van der Waals surface area contributed by atoms with Gasteiger partial charge >= 0.3 is 0 Å². The molecular weight excluding hydrogens is 445 g/mol. The van der Waals surface area contributed by atoms with Crippen LogP contribution >= 0.6 is 11.6 Å². The highest BCUT2D eigenvalue weighted by atomic mass is 35.5. The summed E-state index contributed by atoms with van der Waals surface area (Å²) in [6.45, 7) is 3.00. The van der Waals surface area contributed by atoms with Crippen molar-refractivity contribution in [1.29, 1.82) is 0 Å². The maximum atomic E-state index is 13.5. The van der Waals surface area contributed by atoms with Gasteiger partial charge in [-0.2, -0.15) is 0 Å². The first-order chi connectivity index (χ1) is 14.4. The number of nitrogens with zero attached hydrogens (tertiary/aromatic N) is 2. The van der Waals surface area contributed by atoms with Crippen LogP contribution in [-0.4, -0.2) is 51.0 Å². The smallest absolute Gasteiger partial charge is 0.244 e. The van der Waals surface area contributed by atoms with Gasteiger partial charge in [0.25, 0.3) is 0 Å². The minimum atomic E-state index is -3.90. The topological polar surface area (TPSA) is 86.8 Å². The van der Waals surface area contributed by atoms with Crippen LogP contribution in [-0.2, 0) is 26.2 Å². The summed E-state index contributed by atoms with van der Waals surface area (Å²) in [7, 11) is -2.45. The molecule has 0 radical (unpaired) electrons.